The maximum Gasteiger partial charge on any atom is 0.0781 e. The number of aliphatic hydroxyl groups excluding tert-OH is 3. The van der Waals surface area contributed by atoms with Crippen LogP contribution in [-0.4, -0.2) is 73.3 Å². The third-order valence-electron chi connectivity index (χ3n) is 3.26. The van der Waals surface area contributed by atoms with Gasteiger partial charge in [-0.15, -0.1) is 0 Å². The molecule has 0 saturated carbocycles. The molecule has 3 unspecified atom stereocenters. The summed E-state index contributed by atoms with van der Waals surface area (Å²) < 4.78 is 14.1. The summed E-state index contributed by atoms with van der Waals surface area (Å²) in [6.07, 6.45) is 2.34. The van der Waals surface area contributed by atoms with Crippen molar-refractivity contribution >= 4 is 0 Å². The zero-order valence-corrected chi connectivity index (χ0v) is 13.7. The minimum atomic E-state index is -0.667. The predicted octanol–water partition coefficient (Wildman–Crippen LogP) is 0.575. The van der Waals surface area contributed by atoms with Crippen molar-refractivity contribution in [2.75, 3.05) is 39.6 Å². The average molecular weight is 308 g/mol. The van der Waals surface area contributed by atoms with Crippen LogP contribution in [0.15, 0.2) is 0 Å². The second kappa shape index (κ2) is 11.3. The highest BCUT2D eigenvalue weighted by Crippen LogP contribution is 2.18. The van der Waals surface area contributed by atoms with Crippen molar-refractivity contribution in [1.82, 2.24) is 0 Å². The lowest BCUT2D eigenvalue weighted by atomic mass is 9.88. The first-order valence-corrected chi connectivity index (χ1v) is 7.60. The molecule has 128 valence electrons. The van der Waals surface area contributed by atoms with E-state index in [-0.39, 0.29) is 19.8 Å². The molecule has 3 saturated heterocycles. The van der Waals surface area contributed by atoms with Crippen LogP contribution < -0.4 is 0 Å². The largest absolute Gasteiger partial charge is 0.396 e. The van der Waals surface area contributed by atoms with E-state index in [1.165, 1.54) is 0 Å². The Hall–Kier alpha value is -0.240. The van der Waals surface area contributed by atoms with Gasteiger partial charge in [-0.05, 0) is 27.2 Å². The molecule has 0 spiro atoms. The van der Waals surface area contributed by atoms with Crippen molar-refractivity contribution in [2.24, 2.45) is 5.41 Å². The van der Waals surface area contributed by atoms with Gasteiger partial charge in [-0.3, -0.25) is 0 Å². The Bertz CT molecular complexity index is 191. The van der Waals surface area contributed by atoms with Crippen LogP contribution in [0, 0.1) is 5.41 Å². The smallest absolute Gasteiger partial charge is 0.0781 e. The van der Waals surface area contributed by atoms with Gasteiger partial charge in [0.2, 0.25) is 0 Å². The summed E-state index contributed by atoms with van der Waals surface area (Å²) in [5, 5.41) is 26.0. The molecule has 0 bridgehead atoms. The zero-order valence-electron chi connectivity index (χ0n) is 13.7. The highest BCUT2D eigenvalue weighted by Gasteiger charge is 2.24. The fourth-order valence-electron chi connectivity index (χ4n) is 0.774. The maximum absolute atomic E-state index is 8.66. The average Bonchev–Trinajstić information content (AvgIpc) is 3.32. The van der Waals surface area contributed by atoms with Gasteiger partial charge in [0.15, 0.2) is 0 Å². The van der Waals surface area contributed by atoms with Gasteiger partial charge in [0.1, 0.15) is 0 Å². The van der Waals surface area contributed by atoms with Crippen LogP contribution in [0.3, 0.4) is 0 Å². The molecule has 0 aliphatic carbocycles. The Morgan fingerprint density at radius 2 is 0.952 bits per heavy atom. The fraction of sp³-hybridized carbons (Fsp3) is 1.00. The number of epoxide rings is 3. The molecule has 0 amide bonds. The zero-order chi connectivity index (χ0) is 16.3. The lowest BCUT2D eigenvalue weighted by molar-refractivity contribution is 0.00304. The number of hydrogen-bond donors (Lipinski definition) is 3. The summed E-state index contributed by atoms with van der Waals surface area (Å²) >= 11 is 0. The normalized spacial score (nSPS) is 27.9. The van der Waals surface area contributed by atoms with E-state index in [9.17, 15) is 0 Å². The summed E-state index contributed by atoms with van der Waals surface area (Å²) in [5.74, 6) is 0. The highest BCUT2D eigenvalue weighted by molar-refractivity contribution is 4.74. The molecule has 0 aromatic carbocycles. The monoisotopic (exact) mass is 308 g/mol. The number of rotatable bonds is 4. The van der Waals surface area contributed by atoms with E-state index in [4.69, 9.17) is 29.5 Å². The predicted molar refractivity (Wildman–Crippen MR) is 80.2 cm³/mol. The number of aliphatic hydroxyl groups is 3. The van der Waals surface area contributed by atoms with Crippen LogP contribution in [0.5, 0.6) is 0 Å². The summed E-state index contributed by atoms with van der Waals surface area (Å²) in [5.41, 5.74) is -0.667. The lowest BCUT2D eigenvalue weighted by Crippen LogP contribution is -2.32. The number of ether oxygens (including phenoxy) is 3. The molecule has 3 aliphatic rings. The van der Waals surface area contributed by atoms with Crippen LogP contribution in [0.1, 0.15) is 34.1 Å². The number of hydrogen-bond acceptors (Lipinski definition) is 6. The first kappa shape index (κ1) is 20.8. The molecule has 3 rings (SSSR count). The van der Waals surface area contributed by atoms with E-state index in [2.05, 4.69) is 20.8 Å². The molecule has 6 nitrogen and oxygen atoms in total. The molecule has 21 heavy (non-hydrogen) atoms. The first-order chi connectivity index (χ1) is 9.92. The minimum Gasteiger partial charge on any atom is -0.396 e. The van der Waals surface area contributed by atoms with Crippen LogP contribution in [-0.2, 0) is 14.2 Å². The second-order valence-electron chi connectivity index (χ2n) is 5.76. The van der Waals surface area contributed by atoms with Gasteiger partial charge in [0.25, 0.3) is 0 Å². The van der Waals surface area contributed by atoms with E-state index in [0.29, 0.717) is 24.7 Å². The van der Waals surface area contributed by atoms with E-state index < -0.39 is 5.41 Å². The first-order valence-electron chi connectivity index (χ1n) is 7.60. The van der Waals surface area contributed by atoms with E-state index in [1.54, 1.807) is 0 Å². The lowest BCUT2D eigenvalue weighted by Gasteiger charge is -2.24. The third-order valence-corrected chi connectivity index (χ3v) is 3.26. The molecule has 6 heteroatoms. The molecule has 3 heterocycles. The van der Waals surface area contributed by atoms with Crippen LogP contribution in [0.4, 0.5) is 0 Å². The van der Waals surface area contributed by atoms with E-state index in [0.717, 1.165) is 19.8 Å². The Balaban J connectivity index is 0.000000275. The van der Waals surface area contributed by atoms with E-state index >= 15 is 0 Å². The topological polar surface area (TPSA) is 98.3 Å². The van der Waals surface area contributed by atoms with Crippen molar-refractivity contribution in [3.8, 4) is 0 Å². The van der Waals surface area contributed by atoms with Gasteiger partial charge in [-0.25, -0.2) is 0 Å². The summed E-state index contributed by atoms with van der Waals surface area (Å²) in [7, 11) is 0. The van der Waals surface area contributed by atoms with Crippen LogP contribution in [0.2, 0.25) is 0 Å². The molecule has 3 N–H and O–H groups in total. The van der Waals surface area contributed by atoms with Crippen molar-refractivity contribution in [3.05, 3.63) is 0 Å². The van der Waals surface area contributed by atoms with Gasteiger partial charge in [0.05, 0.1) is 58.0 Å². The van der Waals surface area contributed by atoms with Crippen molar-refractivity contribution in [1.29, 1.82) is 0 Å². The maximum atomic E-state index is 8.66. The quantitative estimate of drug-likeness (QED) is 0.657. The fourth-order valence-corrected chi connectivity index (χ4v) is 0.774. The molecule has 0 aromatic rings. The summed E-state index contributed by atoms with van der Waals surface area (Å²) in [6, 6.07) is 0. The Kier molecular flexibility index (Phi) is 11.2. The van der Waals surface area contributed by atoms with Gasteiger partial charge in [-0.2, -0.15) is 0 Å². The van der Waals surface area contributed by atoms with Gasteiger partial charge < -0.3 is 29.5 Å². The second-order valence-corrected chi connectivity index (χ2v) is 5.76. The molecule has 3 aliphatic heterocycles. The molecule has 3 fully saturated rings. The van der Waals surface area contributed by atoms with Crippen molar-refractivity contribution in [3.63, 3.8) is 0 Å². The summed E-state index contributed by atoms with van der Waals surface area (Å²) in [4.78, 5) is 0. The minimum absolute atomic E-state index is 0.156. The molecule has 0 radical (unpaired) electrons. The molecular weight excluding hydrogens is 276 g/mol. The molecule has 3 atom stereocenters. The summed E-state index contributed by atoms with van der Waals surface area (Å²) in [6.45, 7) is 10.5. The Labute approximate surface area is 128 Å². The SMILES string of the molecule is CC1CO1.CC1CO1.CC1CO1.CCC(CO)(CO)CO. The van der Waals surface area contributed by atoms with Gasteiger partial charge in [0, 0.05) is 5.41 Å². The van der Waals surface area contributed by atoms with Crippen LogP contribution in [0.25, 0.3) is 0 Å². The van der Waals surface area contributed by atoms with Gasteiger partial charge in [-0.1, -0.05) is 6.92 Å². The highest BCUT2D eigenvalue weighted by atomic mass is 16.6. The molecular formula is C15H32O6. The van der Waals surface area contributed by atoms with Crippen molar-refractivity contribution in [2.45, 2.75) is 52.4 Å². The molecule has 0 aromatic heterocycles. The van der Waals surface area contributed by atoms with Crippen LogP contribution >= 0.6 is 0 Å². The van der Waals surface area contributed by atoms with E-state index in [1.807, 2.05) is 6.92 Å². The van der Waals surface area contributed by atoms with Crippen molar-refractivity contribution < 1.29 is 29.5 Å². The Morgan fingerprint density at radius 3 is 0.952 bits per heavy atom. The third kappa shape index (κ3) is 14.5. The van der Waals surface area contributed by atoms with Gasteiger partial charge >= 0.3 is 0 Å². The standard InChI is InChI=1S/C6H14O3.3C3H6O/c1-2-6(3-7,4-8)5-9;3*1-3-2-4-3/h7-9H,2-5H2,1H3;3*3H,2H2,1H3. The Morgan fingerprint density at radius 1 is 0.762 bits per heavy atom.